The number of Topliss-reactive ketones (excluding diaryl/α,β-unsaturated/α-hetero) is 1. The molecule has 0 saturated heterocycles. The summed E-state index contributed by atoms with van der Waals surface area (Å²) >= 11 is 0. The molecule has 1 N–H and O–H groups in total. The molecule has 4 nitrogen and oxygen atoms in total. The van der Waals surface area contributed by atoms with Crippen LogP contribution in [0.4, 0.5) is 0 Å². The van der Waals surface area contributed by atoms with Crippen LogP contribution in [0.3, 0.4) is 0 Å². The number of ketones is 1. The zero-order valence-electron chi connectivity index (χ0n) is 10.1. The molecule has 0 aliphatic heterocycles. The van der Waals surface area contributed by atoms with Crippen LogP contribution in [-0.2, 0) is 16.3 Å². The Morgan fingerprint density at radius 1 is 1.24 bits per heavy atom. The van der Waals surface area contributed by atoms with E-state index in [4.69, 9.17) is 0 Å². The van der Waals surface area contributed by atoms with Crippen LogP contribution >= 0.6 is 0 Å². The van der Waals surface area contributed by atoms with Gasteiger partial charge in [-0.3, -0.25) is 4.79 Å². The van der Waals surface area contributed by atoms with Crippen molar-refractivity contribution in [2.24, 2.45) is 0 Å². The van der Waals surface area contributed by atoms with Gasteiger partial charge in [0.05, 0.1) is 12.3 Å². The summed E-state index contributed by atoms with van der Waals surface area (Å²) in [5, 5.41) is 2.80. The smallest absolute Gasteiger partial charge is 0.176 e. The van der Waals surface area contributed by atoms with Crippen LogP contribution < -0.4 is 5.32 Å². The molecule has 5 heteroatoms. The number of rotatable bonds is 6. The van der Waals surface area contributed by atoms with Crippen molar-refractivity contribution in [3.63, 3.8) is 0 Å². The number of sulfone groups is 1. The van der Waals surface area contributed by atoms with Crippen molar-refractivity contribution in [2.45, 2.75) is 6.42 Å². The average molecular weight is 255 g/mol. The number of nitrogens with one attached hydrogen (secondary N) is 1. The molecule has 1 aromatic carbocycles. The predicted octanol–water partition coefficient (Wildman–Crippen LogP) is 0.676. The highest BCUT2D eigenvalue weighted by Crippen LogP contribution is 2.06. The van der Waals surface area contributed by atoms with Crippen LogP contribution in [0.25, 0.3) is 0 Å². The Labute approximate surface area is 102 Å². The van der Waals surface area contributed by atoms with Crippen LogP contribution in [0.2, 0.25) is 0 Å². The highest BCUT2D eigenvalue weighted by molar-refractivity contribution is 7.90. The monoisotopic (exact) mass is 255 g/mol. The molecule has 0 atom stereocenters. The molecule has 0 spiro atoms. The molecule has 94 valence electrons. The first-order chi connectivity index (χ1) is 7.92. The van der Waals surface area contributed by atoms with Crippen LogP contribution in [0.1, 0.15) is 15.9 Å². The van der Waals surface area contributed by atoms with Crippen molar-refractivity contribution in [1.82, 2.24) is 5.32 Å². The lowest BCUT2D eigenvalue weighted by atomic mass is 10.1. The normalized spacial score (nSPS) is 11.4. The quantitative estimate of drug-likeness (QED) is 0.759. The van der Waals surface area contributed by atoms with Gasteiger partial charge in [0.25, 0.3) is 0 Å². The second kappa shape index (κ2) is 5.93. The zero-order valence-corrected chi connectivity index (χ0v) is 10.9. The van der Waals surface area contributed by atoms with E-state index in [1.807, 2.05) is 0 Å². The Kier molecular flexibility index (Phi) is 4.84. The minimum atomic E-state index is -2.93. The second-order valence-corrected chi connectivity index (χ2v) is 6.29. The number of carbonyl (C=O) groups is 1. The first-order valence-corrected chi connectivity index (χ1v) is 7.43. The SMILES string of the molecule is CNCC(=O)c1ccc(CCS(C)(=O)=O)cc1. The van der Waals surface area contributed by atoms with Gasteiger partial charge in [0, 0.05) is 11.8 Å². The number of likely N-dealkylation sites (N-methyl/N-ethyl adjacent to an activating group) is 1. The first-order valence-electron chi connectivity index (χ1n) is 5.37. The second-order valence-electron chi connectivity index (χ2n) is 4.03. The van der Waals surface area contributed by atoms with E-state index in [0.29, 0.717) is 18.5 Å². The largest absolute Gasteiger partial charge is 0.313 e. The highest BCUT2D eigenvalue weighted by atomic mass is 32.2. The molecular weight excluding hydrogens is 238 g/mol. The topological polar surface area (TPSA) is 63.2 Å². The van der Waals surface area contributed by atoms with E-state index < -0.39 is 9.84 Å². The van der Waals surface area contributed by atoms with Crippen molar-refractivity contribution in [3.8, 4) is 0 Å². The van der Waals surface area contributed by atoms with Gasteiger partial charge in [-0.1, -0.05) is 24.3 Å². The molecule has 0 amide bonds. The maximum atomic E-state index is 11.5. The summed E-state index contributed by atoms with van der Waals surface area (Å²) in [6.07, 6.45) is 1.71. The van der Waals surface area contributed by atoms with E-state index in [1.54, 1.807) is 31.3 Å². The molecule has 0 fully saturated rings. The first kappa shape index (κ1) is 13.9. The zero-order chi connectivity index (χ0) is 12.9. The van der Waals surface area contributed by atoms with Gasteiger partial charge in [0.15, 0.2) is 5.78 Å². The highest BCUT2D eigenvalue weighted by Gasteiger charge is 2.06. The van der Waals surface area contributed by atoms with Crippen LogP contribution in [0.15, 0.2) is 24.3 Å². The van der Waals surface area contributed by atoms with Gasteiger partial charge in [0.2, 0.25) is 0 Å². The van der Waals surface area contributed by atoms with Crippen LogP contribution in [0, 0.1) is 0 Å². The number of hydrogen-bond donors (Lipinski definition) is 1. The third kappa shape index (κ3) is 5.10. The maximum Gasteiger partial charge on any atom is 0.176 e. The summed E-state index contributed by atoms with van der Waals surface area (Å²) in [5.74, 6) is 0.166. The molecule has 1 aromatic rings. The van der Waals surface area contributed by atoms with Gasteiger partial charge < -0.3 is 5.32 Å². The minimum Gasteiger partial charge on any atom is -0.313 e. The Hall–Kier alpha value is -1.20. The van der Waals surface area contributed by atoms with E-state index in [0.717, 1.165) is 5.56 Å². The molecule has 1 rings (SSSR count). The van der Waals surface area contributed by atoms with Crippen molar-refractivity contribution in [3.05, 3.63) is 35.4 Å². The third-order valence-electron chi connectivity index (χ3n) is 2.37. The van der Waals surface area contributed by atoms with E-state index in [2.05, 4.69) is 5.32 Å². The number of aryl methyl sites for hydroxylation is 1. The fourth-order valence-corrected chi connectivity index (χ4v) is 2.03. The maximum absolute atomic E-state index is 11.5. The van der Waals surface area contributed by atoms with Gasteiger partial charge in [-0.25, -0.2) is 8.42 Å². The van der Waals surface area contributed by atoms with Crippen molar-refractivity contribution in [2.75, 3.05) is 25.6 Å². The van der Waals surface area contributed by atoms with Crippen molar-refractivity contribution >= 4 is 15.6 Å². The molecule has 0 aromatic heterocycles. The van der Waals surface area contributed by atoms with Crippen molar-refractivity contribution in [1.29, 1.82) is 0 Å². The fourth-order valence-electron chi connectivity index (χ4n) is 1.42. The molecule has 0 radical (unpaired) electrons. The summed E-state index contributed by atoms with van der Waals surface area (Å²) in [7, 11) is -1.21. The standard InChI is InChI=1S/C12H17NO3S/c1-13-9-12(14)11-5-3-10(4-6-11)7-8-17(2,15)16/h3-6,13H,7-9H2,1-2H3. The number of hydrogen-bond acceptors (Lipinski definition) is 4. The molecule has 0 bridgehead atoms. The lowest BCUT2D eigenvalue weighted by molar-refractivity contribution is 0.0993. The lowest BCUT2D eigenvalue weighted by Gasteiger charge is -2.03. The Balaban J connectivity index is 2.65. The van der Waals surface area contributed by atoms with Crippen molar-refractivity contribution < 1.29 is 13.2 Å². The molecule has 0 aliphatic carbocycles. The van der Waals surface area contributed by atoms with E-state index in [9.17, 15) is 13.2 Å². The summed E-state index contributed by atoms with van der Waals surface area (Å²) in [6.45, 7) is 0.308. The van der Waals surface area contributed by atoms with E-state index in [-0.39, 0.29) is 11.5 Å². The fraction of sp³-hybridized carbons (Fsp3) is 0.417. The van der Waals surface area contributed by atoms with Gasteiger partial charge in [-0.05, 0) is 19.0 Å². The van der Waals surface area contributed by atoms with Gasteiger partial charge in [0.1, 0.15) is 9.84 Å². The summed E-state index contributed by atoms with van der Waals surface area (Å²) in [4.78, 5) is 11.5. The Morgan fingerprint density at radius 3 is 2.29 bits per heavy atom. The number of benzene rings is 1. The van der Waals surface area contributed by atoms with Gasteiger partial charge in [-0.2, -0.15) is 0 Å². The molecule has 0 heterocycles. The molecule has 0 unspecified atom stereocenters. The molecule has 0 aliphatic rings. The van der Waals surface area contributed by atoms with Crippen LogP contribution in [0.5, 0.6) is 0 Å². The molecular formula is C12H17NO3S. The summed E-state index contributed by atoms with van der Waals surface area (Å²) < 4.78 is 22.0. The summed E-state index contributed by atoms with van der Waals surface area (Å²) in [5.41, 5.74) is 1.57. The van der Waals surface area contributed by atoms with Gasteiger partial charge in [-0.15, -0.1) is 0 Å². The lowest BCUT2D eigenvalue weighted by Crippen LogP contribution is -2.18. The van der Waals surface area contributed by atoms with E-state index >= 15 is 0 Å². The predicted molar refractivity (Wildman–Crippen MR) is 68.1 cm³/mol. The number of carbonyl (C=O) groups excluding carboxylic acids is 1. The van der Waals surface area contributed by atoms with E-state index in [1.165, 1.54) is 6.26 Å². The minimum absolute atomic E-state index is 0.0298. The third-order valence-corrected chi connectivity index (χ3v) is 3.32. The molecule has 17 heavy (non-hydrogen) atoms. The average Bonchev–Trinajstić information content (AvgIpc) is 2.26. The van der Waals surface area contributed by atoms with Gasteiger partial charge >= 0.3 is 0 Å². The Bertz CT molecular complexity index is 477. The van der Waals surface area contributed by atoms with Crippen LogP contribution in [-0.4, -0.2) is 39.8 Å². The Morgan fingerprint density at radius 2 is 1.82 bits per heavy atom. The molecule has 0 saturated carbocycles. The summed E-state index contributed by atoms with van der Waals surface area (Å²) in [6, 6.07) is 7.07.